The number of aliphatic hydroxyl groups is 1. The quantitative estimate of drug-likeness (QED) is 0.236. The first kappa shape index (κ1) is 24.4. The van der Waals surface area contributed by atoms with Gasteiger partial charge in [0.25, 0.3) is 10.0 Å². The average molecular weight is 494 g/mol. The van der Waals surface area contributed by atoms with Gasteiger partial charge in [-0.05, 0) is 39.3 Å². The van der Waals surface area contributed by atoms with Gasteiger partial charge in [-0.3, -0.25) is 4.72 Å². The smallest absolute Gasteiger partial charge is 0.262 e. The molecule has 8 nitrogen and oxygen atoms in total. The molecule has 5 N–H and O–H groups in total. The van der Waals surface area contributed by atoms with Gasteiger partial charge in [-0.15, -0.1) is 22.9 Å². The number of β-amino-alcohol motifs (C(OH)–C–C–N with tert-alkyl or cyclic N) is 1. The van der Waals surface area contributed by atoms with Gasteiger partial charge in [0, 0.05) is 43.7 Å². The first-order chi connectivity index (χ1) is 14.5. The van der Waals surface area contributed by atoms with Crippen molar-refractivity contribution in [3.8, 4) is 0 Å². The molecule has 2 aliphatic rings. The van der Waals surface area contributed by atoms with E-state index in [1.807, 2.05) is 0 Å². The summed E-state index contributed by atoms with van der Waals surface area (Å²) < 4.78 is 42.3. The van der Waals surface area contributed by atoms with Crippen LogP contribution in [-0.4, -0.2) is 61.7 Å². The number of alkyl halides is 1. The van der Waals surface area contributed by atoms with Crippen LogP contribution in [0, 0.1) is 6.92 Å². The van der Waals surface area contributed by atoms with Gasteiger partial charge in [-0.1, -0.05) is 0 Å². The summed E-state index contributed by atoms with van der Waals surface area (Å²) in [6, 6.07) is 0. The highest BCUT2D eigenvalue weighted by atomic mass is 35.5. The minimum absolute atomic E-state index is 0.174. The molecule has 1 aromatic rings. The van der Waals surface area contributed by atoms with Gasteiger partial charge in [0.1, 0.15) is 16.3 Å². The third kappa shape index (κ3) is 6.39. The number of thiazole rings is 1. The number of hydrogen-bond donors (Lipinski definition) is 5. The molecule has 0 amide bonds. The van der Waals surface area contributed by atoms with Gasteiger partial charge in [0.15, 0.2) is 5.13 Å². The first-order valence-corrected chi connectivity index (χ1v) is 12.9. The van der Waals surface area contributed by atoms with Crippen LogP contribution in [-0.2, 0) is 10.0 Å². The molecule has 1 aliphatic heterocycles. The van der Waals surface area contributed by atoms with E-state index in [0.29, 0.717) is 37.6 Å². The van der Waals surface area contributed by atoms with E-state index < -0.39 is 26.3 Å². The second-order valence-corrected chi connectivity index (χ2v) is 11.6. The molecule has 0 aromatic carbocycles. The molecule has 0 saturated carbocycles. The van der Waals surface area contributed by atoms with E-state index >= 15 is 0 Å². The standard InChI is InChI=1S/C19H29ClFN5O3S2/c1-13-9-30-17(25-13)26-31(28,29)15-8-18(2,20)16(7-14(15)21)24-6-4-3-5-22-10-19(27)11-23-12-19/h7,9,22-24,27H,3-6,8,10-12H2,1-2H3,(H,25,26)/t18-/m0/s1. The van der Waals surface area contributed by atoms with E-state index in [1.165, 1.54) is 0 Å². The molecule has 1 fully saturated rings. The lowest BCUT2D eigenvalue weighted by molar-refractivity contribution is -0.00822. The zero-order chi connectivity index (χ0) is 22.7. The topological polar surface area (TPSA) is 115 Å². The molecule has 12 heteroatoms. The van der Waals surface area contributed by atoms with Crippen LogP contribution in [0.15, 0.2) is 27.9 Å². The highest BCUT2D eigenvalue weighted by Crippen LogP contribution is 2.39. The molecule has 174 valence electrons. The summed E-state index contributed by atoms with van der Waals surface area (Å²) >= 11 is 7.70. The Labute approximate surface area is 191 Å². The zero-order valence-electron chi connectivity index (χ0n) is 17.6. The van der Waals surface area contributed by atoms with Crippen molar-refractivity contribution in [2.45, 2.75) is 43.6 Å². The minimum atomic E-state index is -4.10. The van der Waals surface area contributed by atoms with Gasteiger partial charge in [-0.25, -0.2) is 17.8 Å². The van der Waals surface area contributed by atoms with Crippen molar-refractivity contribution >= 4 is 38.1 Å². The number of nitrogens with zero attached hydrogens (tertiary/aromatic N) is 1. The molecular weight excluding hydrogens is 465 g/mol. The Morgan fingerprint density at radius 1 is 1.35 bits per heavy atom. The number of aryl methyl sites for hydroxylation is 1. The van der Waals surface area contributed by atoms with Crippen LogP contribution in [0.2, 0.25) is 0 Å². The molecule has 1 atom stereocenters. The lowest BCUT2D eigenvalue weighted by Crippen LogP contribution is -2.64. The lowest BCUT2D eigenvalue weighted by Gasteiger charge is -2.37. The van der Waals surface area contributed by atoms with E-state index in [0.717, 1.165) is 36.8 Å². The Kier molecular flexibility index (Phi) is 7.65. The molecule has 31 heavy (non-hydrogen) atoms. The number of aromatic nitrogens is 1. The van der Waals surface area contributed by atoms with E-state index in [4.69, 9.17) is 11.6 Å². The van der Waals surface area contributed by atoms with Crippen molar-refractivity contribution in [1.29, 1.82) is 0 Å². The summed E-state index contributed by atoms with van der Waals surface area (Å²) in [6.07, 6.45) is 2.68. The predicted molar refractivity (Wildman–Crippen MR) is 122 cm³/mol. The van der Waals surface area contributed by atoms with E-state index in [1.54, 1.807) is 19.2 Å². The number of anilines is 1. The molecule has 1 aliphatic carbocycles. The molecule has 0 spiro atoms. The monoisotopic (exact) mass is 493 g/mol. The summed E-state index contributed by atoms with van der Waals surface area (Å²) in [5, 5.41) is 21.3. The number of sulfonamides is 1. The Hall–Kier alpha value is -1.24. The van der Waals surface area contributed by atoms with Crippen LogP contribution in [0.1, 0.15) is 31.9 Å². The Morgan fingerprint density at radius 2 is 2.06 bits per heavy atom. The van der Waals surface area contributed by atoms with Gasteiger partial charge in [-0.2, -0.15) is 0 Å². The summed E-state index contributed by atoms with van der Waals surface area (Å²) in [5.74, 6) is -0.828. The number of rotatable bonds is 11. The van der Waals surface area contributed by atoms with E-state index in [2.05, 4.69) is 25.7 Å². The molecule has 0 unspecified atom stereocenters. The zero-order valence-corrected chi connectivity index (χ0v) is 20.0. The molecule has 0 bridgehead atoms. The summed E-state index contributed by atoms with van der Waals surface area (Å²) in [6.45, 7) is 6.53. The lowest BCUT2D eigenvalue weighted by atomic mass is 9.97. The van der Waals surface area contributed by atoms with Crippen LogP contribution in [0.3, 0.4) is 0 Å². The van der Waals surface area contributed by atoms with E-state index in [-0.39, 0.29) is 16.5 Å². The number of nitrogens with one attached hydrogen (secondary N) is 4. The Morgan fingerprint density at radius 3 is 2.68 bits per heavy atom. The fourth-order valence-electron chi connectivity index (χ4n) is 3.33. The second-order valence-electron chi connectivity index (χ2n) is 8.24. The van der Waals surface area contributed by atoms with Gasteiger partial charge < -0.3 is 21.1 Å². The van der Waals surface area contributed by atoms with Gasteiger partial charge >= 0.3 is 0 Å². The third-order valence-electron chi connectivity index (χ3n) is 5.21. The normalized spacial score (nSPS) is 23.3. The molecule has 1 saturated heterocycles. The van der Waals surface area contributed by atoms with Crippen LogP contribution >= 0.6 is 22.9 Å². The van der Waals surface area contributed by atoms with Crippen LogP contribution < -0.4 is 20.7 Å². The highest BCUT2D eigenvalue weighted by molar-refractivity contribution is 7.96. The van der Waals surface area contributed by atoms with Gasteiger partial charge in [0.2, 0.25) is 0 Å². The molecule has 0 radical (unpaired) electrons. The number of halogens is 2. The first-order valence-electron chi connectivity index (χ1n) is 10.1. The van der Waals surface area contributed by atoms with Crippen LogP contribution in [0.25, 0.3) is 0 Å². The van der Waals surface area contributed by atoms with Gasteiger partial charge in [0.05, 0.1) is 10.6 Å². The summed E-state index contributed by atoms with van der Waals surface area (Å²) in [7, 11) is -4.10. The van der Waals surface area contributed by atoms with Crippen molar-refractivity contribution in [3.05, 3.63) is 33.6 Å². The number of allylic oxidation sites excluding steroid dienone is 4. The summed E-state index contributed by atoms with van der Waals surface area (Å²) in [4.78, 5) is 2.61. The fraction of sp³-hybridized carbons (Fsp3) is 0.632. The van der Waals surface area contributed by atoms with Crippen molar-refractivity contribution in [2.75, 3.05) is 37.4 Å². The highest BCUT2D eigenvalue weighted by Gasteiger charge is 2.38. The molecular formula is C19H29ClFN5O3S2. The average Bonchev–Trinajstić information content (AvgIpc) is 3.05. The summed E-state index contributed by atoms with van der Waals surface area (Å²) in [5.41, 5.74) is 0.500. The molecule has 2 heterocycles. The third-order valence-corrected chi connectivity index (χ3v) is 8.01. The van der Waals surface area contributed by atoms with Crippen molar-refractivity contribution in [1.82, 2.24) is 20.9 Å². The van der Waals surface area contributed by atoms with E-state index in [9.17, 15) is 17.9 Å². The fourth-order valence-corrected chi connectivity index (χ4v) is 5.91. The van der Waals surface area contributed by atoms with Crippen molar-refractivity contribution in [2.24, 2.45) is 0 Å². The van der Waals surface area contributed by atoms with Crippen LogP contribution in [0.4, 0.5) is 9.52 Å². The maximum Gasteiger partial charge on any atom is 0.262 e. The van der Waals surface area contributed by atoms with Crippen molar-refractivity contribution in [3.63, 3.8) is 0 Å². The largest absolute Gasteiger partial charge is 0.387 e. The maximum atomic E-state index is 14.7. The SMILES string of the molecule is Cc1csc(NS(=O)(=O)C2=C(F)C=C(NCCCCNCC3(O)CNC3)[C@@](C)(Cl)C2)n1. The van der Waals surface area contributed by atoms with Crippen LogP contribution in [0.5, 0.6) is 0 Å². The Bertz CT molecular complexity index is 957. The molecule has 1 aromatic heterocycles. The number of unbranched alkanes of at least 4 members (excludes halogenated alkanes) is 1. The number of hydrogen-bond acceptors (Lipinski definition) is 8. The predicted octanol–water partition coefficient (Wildman–Crippen LogP) is 1.95. The molecule has 3 rings (SSSR count). The second kappa shape index (κ2) is 9.72. The minimum Gasteiger partial charge on any atom is -0.387 e. The van der Waals surface area contributed by atoms with Crippen molar-refractivity contribution < 1.29 is 17.9 Å². The maximum absolute atomic E-state index is 14.7. The Balaban J connectivity index is 1.52.